The maximum atomic E-state index is 11.6. The molecule has 0 saturated heterocycles. The van der Waals surface area contributed by atoms with Crippen molar-refractivity contribution in [2.24, 2.45) is 17.8 Å². The SMILES string of the molecule is CC[C@H](C1CCC(O)CC1)[C@H](CC)C1(O)CCC(O)(C2=CC(=O)OC2)CC1. The van der Waals surface area contributed by atoms with Gasteiger partial charge in [0, 0.05) is 11.6 Å². The Morgan fingerprint density at radius 1 is 1.07 bits per heavy atom. The first-order valence-corrected chi connectivity index (χ1v) is 10.8. The van der Waals surface area contributed by atoms with Crippen molar-refractivity contribution in [3.8, 4) is 0 Å². The van der Waals surface area contributed by atoms with E-state index in [4.69, 9.17) is 4.74 Å². The smallest absolute Gasteiger partial charge is 0.331 e. The Hall–Kier alpha value is -0.910. The lowest BCUT2D eigenvalue weighted by molar-refractivity contribution is -0.135. The van der Waals surface area contributed by atoms with Gasteiger partial charge in [0.05, 0.1) is 17.3 Å². The summed E-state index contributed by atoms with van der Waals surface area (Å²) in [5.74, 6) is 0.852. The van der Waals surface area contributed by atoms with Crippen molar-refractivity contribution in [2.75, 3.05) is 6.61 Å². The molecule has 0 amide bonds. The van der Waals surface area contributed by atoms with E-state index in [9.17, 15) is 20.1 Å². The van der Waals surface area contributed by atoms with E-state index < -0.39 is 11.2 Å². The number of cyclic esters (lactones) is 1. The Kier molecular flexibility index (Phi) is 6.34. The number of carbonyl (C=O) groups is 1. The van der Waals surface area contributed by atoms with E-state index in [2.05, 4.69) is 13.8 Å². The largest absolute Gasteiger partial charge is 0.458 e. The fourth-order valence-corrected chi connectivity index (χ4v) is 5.99. The number of carbonyl (C=O) groups excluding carboxylic acids is 1. The molecule has 0 spiro atoms. The van der Waals surface area contributed by atoms with Crippen molar-refractivity contribution < 1.29 is 24.9 Å². The summed E-state index contributed by atoms with van der Waals surface area (Å²) in [5.41, 5.74) is -1.12. The molecule has 1 heterocycles. The lowest BCUT2D eigenvalue weighted by Crippen LogP contribution is -2.51. The Morgan fingerprint density at radius 2 is 1.70 bits per heavy atom. The standard InChI is InChI=1S/C22H36O5/c1-3-18(15-5-7-17(23)8-6-15)19(4-2)22(26)11-9-21(25,10-12-22)16-13-20(24)27-14-16/h13,15,17-19,23,25-26H,3-12,14H2,1-2H3/t15?,17?,18-,19+,21?,22?/m1/s1. The third kappa shape index (κ3) is 4.25. The molecule has 5 heteroatoms. The van der Waals surface area contributed by atoms with Crippen LogP contribution in [-0.4, -0.2) is 45.2 Å². The van der Waals surface area contributed by atoms with Crippen molar-refractivity contribution in [1.82, 2.24) is 0 Å². The molecule has 0 aromatic heterocycles. The quantitative estimate of drug-likeness (QED) is 0.616. The number of hydrogen-bond acceptors (Lipinski definition) is 5. The van der Waals surface area contributed by atoms with Gasteiger partial charge >= 0.3 is 5.97 Å². The van der Waals surface area contributed by atoms with E-state index in [-0.39, 0.29) is 24.6 Å². The molecule has 1 aliphatic heterocycles. The second kappa shape index (κ2) is 8.22. The van der Waals surface area contributed by atoms with Crippen LogP contribution in [0.3, 0.4) is 0 Å². The summed E-state index contributed by atoms with van der Waals surface area (Å²) in [4.78, 5) is 11.4. The lowest BCUT2D eigenvalue weighted by atomic mass is 9.60. The topological polar surface area (TPSA) is 87.0 Å². The molecule has 2 saturated carbocycles. The zero-order chi connectivity index (χ0) is 19.7. The molecule has 2 atom stereocenters. The highest BCUT2D eigenvalue weighted by atomic mass is 16.5. The monoisotopic (exact) mass is 380 g/mol. The molecule has 0 unspecified atom stereocenters. The van der Waals surface area contributed by atoms with Crippen LogP contribution in [0, 0.1) is 17.8 Å². The number of hydrogen-bond donors (Lipinski definition) is 3. The molecule has 27 heavy (non-hydrogen) atoms. The first kappa shape index (κ1) is 20.8. The summed E-state index contributed by atoms with van der Waals surface area (Å²) in [6, 6.07) is 0. The van der Waals surface area contributed by atoms with Gasteiger partial charge in [0.15, 0.2) is 0 Å². The van der Waals surface area contributed by atoms with Crippen LogP contribution in [0.4, 0.5) is 0 Å². The molecule has 2 aliphatic carbocycles. The molecule has 5 nitrogen and oxygen atoms in total. The molecular weight excluding hydrogens is 344 g/mol. The Balaban J connectivity index is 1.69. The van der Waals surface area contributed by atoms with Gasteiger partial charge in [-0.15, -0.1) is 0 Å². The predicted octanol–water partition coefficient (Wildman–Crippen LogP) is 3.11. The zero-order valence-corrected chi connectivity index (χ0v) is 16.8. The second-order valence-corrected chi connectivity index (χ2v) is 9.07. The van der Waals surface area contributed by atoms with Crippen LogP contribution in [0.1, 0.15) is 78.1 Å². The van der Waals surface area contributed by atoms with Crippen LogP contribution in [0.15, 0.2) is 11.6 Å². The molecule has 0 aromatic carbocycles. The van der Waals surface area contributed by atoms with E-state index in [1.807, 2.05) is 0 Å². The first-order chi connectivity index (χ1) is 12.8. The first-order valence-electron chi connectivity index (χ1n) is 10.8. The van der Waals surface area contributed by atoms with Gasteiger partial charge in [-0.05, 0) is 69.1 Å². The van der Waals surface area contributed by atoms with E-state index >= 15 is 0 Å². The van der Waals surface area contributed by atoms with Crippen LogP contribution >= 0.6 is 0 Å². The van der Waals surface area contributed by atoms with Crippen LogP contribution in [0.25, 0.3) is 0 Å². The molecule has 154 valence electrons. The summed E-state index contributed by atoms with van der Waals surface area (Å²) in [5, 5.41) is 32.4. The maximum absolute atomic E-state index is 11.6. The fraction of sp³-hybridized carbons (Fsp3) is 0.864. The molecule has 2 fully saturated rings. The Labute approximate surface area is 162 Å². The third-order valence-electron chi connectivity index (χ3n) is 7.67. The average Bonchev–Trinajstić information content (AvgIpc) is 3.10. The minimum Gasteiger partial charge on any atom is -0.458 e. The molecule has 3 aliphatic rings. The van der Waals surface area contributed by atoms with Gasteiger partial charge in [0.2, 0.25) is 0 Å². The minimum atomic E-state index is -1.02. The van der Waals surface area contributed by atoms with Crippen molar-refractivity contribution in [1.29, 1.82) is 0 Å². The number of aliphatic hydroxyl groups excluding tert-OH is 1. The highest BCUT2D eigenvalue weighted by Crippen LogP contribution is 2.49. The number of ether oxygens (including phenoxy) is 1. The number of aliphatic hydroxyl groups is 3. The fourth-order valence-electron chi connectivity index (χ4n) is 5.99. The van der Waals surface area contributed by atoms with Gasteiger partial charge in [0.25, 0.3) is 0 Å². The van der Waals surface area contributed by atoms with Crippen LogP contribution in [0.2, 0.25) is 0 Å². The van der Waals surface area contributed by atoms with Gasteiger partial charge in [-0.25, -0.2) is 4.79 Å². The van der Waals surface area contributed by atoms with Crippen LogP contribution in [-0.2, 0) is 9.53 Å². The summed E-state index contributed by atoms with van der Waals surface area (Å²) in [6.07, 6.45) is 9.13. The molecule has 3 N–H and O–H groups in total. The number of rotatable bonds is 6. The summed E-state index contributed by atoms with van der Waals surface area (Å²) in [6.45, 7) is 4.55. The highest BCUT2D eigenvalue weighted by molar-refractivity contribution is 5.85. The Bertz CT molecular complexity index is 553. The zero-order valence-electron chi connectivity index (χ0n) is 16.8. The average molecular weight is 381 g/mol. The molecular formula is C22H36O5. The summed E-state index contributed by atoms with van der Waals surface area (Å²) < 4.78 is 4.97. The lowest BCUT2D eigenvalue weighted by Gasteiger charge is -2.49. The predicted molar refractivity (Wildman–Crippen MR) is 103 cm³/mol. The molecule has 0 bridgehead atoms. The second-order valence-electron chi connectivity index (χ2n) is 9.07. The molecule has 0 aromatic rings. The van der Waals surface area contributed by atoms with Gasteiger partial charge in [-0.1, -0.05) is 26.7 Å². The summed E-state index contributed by atoms with van der Waals surface area (Å²) >= 11 is 0. The van der Waals surface area contributed by atoms with Crippen molar-refractivity contribution >= 4 is 5.97 Å². The molecule has 3 rings (SSSR count). The third-order valence-corrected chi connectivity index (χ3v) is 7.67. The normalized spacial score (nSPS) is 39.6. The maximum Gasteiger partial charge on any atom is 0.331 e. The van der Waals surface area contributed by atoms with Crippen molar-refractivity contribution in [3.63, 3.8) is 0 Å². The van der Waals surface area contributed by atoms with Gasteiger partial charge in [-0.2, -0.15) is 0 Å². The van der Waals surface area contributed by atoms with E-state index in [0.717, 1.165) is 38.5 Å². The Morgan fingerprint density at radius 3 is 2.19 bits per heavy atom. The van der Waals surface area contributed by atoms with Crippen molar-refractivity contribution in [3.05, 3.63) is 11.6 Å². The number of esters is 1. The van der Waals surface area contributed by atoms with E-state index in [1.54, 1.807) is 0 Å². The van der Waals surface area contributed by atoms with Crippen molar-refractivity contribution in [2.45, 2.75) is 95.4 Å². The van der Waals surface area contributed by atoms with Gasteiger partial charge in [-0.3, -0.25) is 0 Å². The highest BCUT2D eigenvalue weighted by Gasteiger charge is 2.49. The summed E-state index contributed by atoms with van der Waals surface area (Å²) in [7, 11) is 0. The van der Waals surface area contributed by atoms with E-state index in [1.165, 1.54) is 6.08 Å². The minimum absolute atomic E-state index is 0.156. The van der Waals surface area contributed by atoms with E-state index in [0.29, 0.717) is 43.1 Å². The van der Waals surface area contributed by atoms with Gasteiger partial charge < -0.3 is 20.1 Å². The van der Waals surface area contributed by atoms with Crippen LogP contribution < -0.4 is 0 Å². The van der Waals surface area contributed by atoms with Crippen LogP contribution in [0.5, 0.6) is 0 Å². The molecule has 0 radical (unpaired) electrons. The van der Waals surface area contributed by atoms with Gasteiger partial charge in [0.1, 0.15) is 6.61 Å².